The third-order valence-electron chi connectivity index (χ3n) is 4.65. The number of pyridine rings is 1. The quantitative estimate of drug-likeness (QED) is 0.468. The lowest BCUT2D eigenvalue weighted by Crippen LogP contribution is -2.13. The molecular formula is C20H19N5O2S. The summed E-state index contributed by atoms with van der Waals surface area (Å²) < 4.78 is 9.44. The first kappa shape index (κ1) is 18.3. The van der Waals surface area contributed by atoms with Crippen molar-refractivity contribution in [2.24, 2.45) is 4.99 Å². The normalized spacial score (nSPS) is 12.4. The first-order chi connectivity index (χ1) is 13.6. The molecule has 7 nitrogen and oxygen atoms in total. The van der Waals surface area contributed by atoms with E-state index in [1.54, 1.807) is 22.6 Å². The molecule has 0 amide bonds. The summed E-state index contributed by atoms with van der Waals surface area (Å²) in [5.74, 6) is 0.795. The van der Waals surface area contributed by atoms with Gasteiger partial charge in [0.15, 0.2) is 5.82 Å². The van der Waals surface area contributed by atoms with Gasteiger partial charge in [-0.2, -0.15) is 5.10 Å². The van der Waals surface area contributed by atoms with Crippen LogP contribution in [0.4, 0.5) is 5.69 Å². The van der Waals surface area contributed by atoms with Gasteiger partial charge in [-0.3, -0.25) is 14.4 Å². The van der Waals surface area contributed by atoms with Crippen LogP contribution in [0.25, 0.3) is 16.0 Å². The molecule has 142 valence electrons. The monoisotopic (exact) mass is 393 g/mol. The van der Waals surface area contributed by atoms with E-state index in [1.165, 1.54) is 11.3 Å². The van der Waals surface area contributed by atoms with Crippen LogP contribution < -0.4 is 4.87 Å². The summed E-state index contributed by atoms with van der Waals surface area (Å²) in [7, 11) is 1.58. The molecule has 8 heteroatoms. The summed E-state index contributed by atoms with van der Waals surface area (Å²) >= 11 is 1.23. The van der Waals surface area contributed by atoms with Crippen molar-refractivity contribution in [2.75, 3.05) is 7.11 Å². The van der Waals surface area contributed by atoms with E-state index in [0.29, 0.717) is 0 Å². The third-order valence-corrected chi connectivity index (χ3v) is 5.60. The minimum atomic E-state index is -0.0190. The van der Waals surface area contributed by atoms with Crippen molar-refractivity contribution in [1.82, 2.24) is 19.3 Å². The van der Waals surface area contributed by atoms with Gasteiger partial charge < -0.3 is 4.74 Å². The number of aromatic nitrogens is 4. The fourth-order valence-corrected chi connectivity index (χ4v) is 4.01. The van der Waals surface area contributed by atoms with Crippen LogP contribution in [0.5, 0.6) is 0 Å². The average Bonchev–Trinajstić information content (AvgIpc) is 3.33. The Morgan fingerprint density at radius 3 is 2.86 bits per heavy atom. The highest BCUT2D eigenvalue weighted by Crippen LogP contribution is 2.28. The zero-order valence-corrected chi connectivity index (χ0v) is 16.4. The Labute approximate surface area is 165 Å². The predicted molar refractivity (Wildman–Crippen MR) is 111 cm³/mol. The summed E-state index contributed by atoms with van der Waals surface area (Å²) in [5, 5.41) is 4.67. The molecule has 0 saturated heterocycles. The van der Waals surface area contributed by atoms with Gasteiger partial charge in [-0.05, 0) is 42.6 Å². The summed E-state index contributed by atoms with van der Waals surface area (Å²) in [6.07, 6.45) is 3.55. The first-order valence-electron chi connectivity index (χ1n) is 8.71. The Kier molecular flexibility index (Phi) is 4.89. The van der Waals surface area contributed by atoms with Crippen LogP contribution in [0.2, 0.25) is 0 Å². The number of methoxy groups -OCH3 is 1. The maximum Gasteiger partial charge on any atom is 0.310 e. The molecule has 0 radical (unpaired) electrons. The molecule has 4 rings (SSSR count). The van der Waals surface area contributed by atoms with Gasteiger partial charge in [-0.1, -0.05) is 24.3 Å². The van der Waals surface area contributed by atoms with Gasteiger partial charge in [-0.15, -0.1) is 0 Å². The highest BCUT2D eigenvalue weighted by atomic mass is 32.1. The maximum absolute atomic E-state index is 12.2. The van der Waals surface area contributed by atoms with Gasteiger partial charge in [-0.25, -0.2) is 9.67 Å². The minimum absolute atomic E-state index is 0.0190. The number of nitrogens with zero attached hydrogens (tertiary/aromatic N) is 5. The third kappa shape index (κ3) is 3.28. The van der Waals surface area contributed by atoms with E-state index in [4.69, 9.17) is 4.74 Å². The van der Waals surface area contributed by atoms with Crippen LogP contribution in [0.1, 0.15) is 24.1 Å². The maximum atomic E-state index is 12.2. The largest absolute Gasteiger partial charge is 0.364 e. The molecule has 0 spiro atoms. The van der Waals surface area contributed by atoms with Crippen LogP contribution in [-0.4, -0.2) is 33.2 Å². The molecule has 0 N–H and O–H groups in total. The van der Waals surface area contributed by atoms with Crippen molar-refractivity contribution in [2.45, 2.75) is 19.6 Å². The second kappa shape index (κ2) is 7.49. The number of hydrogen-bond donors (Lipinski definition) is 0. The fraction of sp³-hybridized carbons (Fsp3) is 0.200. The molecule has 3 heterocycles. The van der Waals surface area contributed by atoms with Crippen molar-refractivity contribution >= 4 is 34.0 Å². The van der Waals surface area contributed by atoms with Crippen LogP contribution >= 0.6 is 11.3 Å². The fourth-order valence-electron chi connectivity index (χ4n) is 3.08. The van der Waals surface area contributed by atoms with Crippen molar-refractivity contribution in [1.29, 1.82) is 0 Å². The topological polar surface area (TPSA) is 74.3 Å². The second-order valence-electron chi connectivity index (χ2n) is 6.38. The van der Waals surface area contributed by atoms with Crippen molar-refractivity contribution < 1.29 is 4.74 Å². The van der Waals surface area contributed by atoms with Gasteiger partial charge in [0.05, 0.1) is 27.8 Å². The second-order valence-corrected chi connectivity index (χ2v) is 7.37. The Balaban J connectivity index is 1.64. The molecule has 4 aromatic rings. The molecule has 0 aliphatic carbocycles. The van der Waals surface area contributed by atoms with Gasteiger partial charge in [0, 0.05) is 19.2 Å². The number of thiazole rings is 1. The van der Waals surface area contributed by atoms with Crippen LogP contribution in [0.3, 0.4) is 0 Å². The molecule has 1 atom stereocenters. The van der Waals surface area contributed by atoms with Crippen LogP contribution in [0.15, 0.2) is 58.6 Å². The molecule has 0 fully saturated rings. The molecule has 28 heavy (non-hydrogen) atoms. The van der Waals surface area contributed by atoms with Gasteiger partial charge in [0.25, 0.3) is 0 Å². The molecule has 0 saturated carbocycles. The summed E-state index contributed by atoms with van der Waals surface area (Å²) in [6, 6.07) is 11.7. The van der Waals surface area contributed by atoms with Crippen molar-refractivity contribution in [3.8, 4) is 5.82 Å². The van der Waals surface area contributed by atoms with Gasteiger partial charge in [0.1, 0.15) is 6.73 Å². The molecular weight excluding hydrogens is 374 g/mol. The Morgan fingerprint density at radius 2 is 2.14 bits per heavy atom. The average molecular weight is 393 g/mol. The molecule has 3 aromatic heterocycles. The zero-order valence-electron chi connectivity index (χ0n) is 15.6. The van der Waals surface area contributed by atoms with Crippen molar-refractivity contribution in [3.05, 3.63) is 69.7 Å². The summed E-state index contributed by atoms with van der Waals surface area (Å²) in [4.78, 5) is 20.3. The molecule has 0 aliphatic heterocycles. The van der Waals surface area contributed by atoms with Gasteiger partial charge >= 0.3 is 4.87 Å². The van der Waals surface area contributed by atoms with E-state index in [0.717, 1.165) is 33.0 Å². The van der Waals surface area contributed by atoms with E-state index in [1.807, 2.05) is 36.5 Å². The molecule has 0 aliphatic rings. The number of aliphatic imine (C=N–C) groups is 1. The zero-order chi connectivity index (χ0) is 19.7. The number of ether oxygens (including phenoxy) is 1. The smallest absolute Gasteiger partial charge is 0.310 e. The minimum Gasteiger partial charge on any atom is -0.364 e. The van der Waals surface area contributed by atoms with Gasteiger partial charge in [0.2, 0.25) is 0 Å². The lowest BCUT2D eigenvalue weighted by atomic mass is 9.98. The molecule has 1 aromatic carbocycles. The predicted octanol–water partition coefficient (Wildman–Crippen LogP) is 3.73. The number of hydrogen-bond acceptors (Lipinski definition) is 6. The summed E-state index contributed by atoms with van der Waals surface area (Å²) in [5.41, 5.74) is 3.63. The molecule has 1 unspecified atom stereocenters. The summed E-state index contributed by atoms with van der Waals surface area (Å²) in [6.45, 7) is 5.85. The van der Waals surface area contributed by atoms with E-state index in [2.05, 4.69) is 34.8 Å². The Bertz CT molecular complexity index is 1190. The van der Waals surface area contributed by atoms with Crippen molar-refractivity contribution in [3.63, 3.8) is 0 Å². The van der Waals surface area contributed by atoms with E-state index < -0.39 is 0 Å². The molecule has 0 bridgehead atoms. The van der Waals surface area contributed by atoms with E-state index in [-0.39, 0.29) is 17.5 Å². The lowest BCUT2D eigenvalue weighted by Gasteiger charge is -2.10. The number of benzene rings is 1. The van der Waals surface area contributed by atoms with E-state index in [9.17, 15) is 4.79 Å². The van der Waals surface area contributed by atoms with E-state index >= 15 is 0 Å². The number of fused-ring (bicyclic) bond motifs is 1. The highest BCUT2D eigenvalue weighted by molar-refractivity contribution is 7.16. The highest BCUT2D eigenvalue weighted by Gasteiger charge is 2.15. The van der Waals surface area contributed by atoms with Crippen LogP contribution in [0, 0.1) is 0 Å². The Morgan fingerprint density at radius 1 is 1.29 bits per heavy atom. The standard InChI is InChI=1S/C20H19N5O2S/c1-13(14-4-6-17-18(10-14)28-20(26)24(17)12-27-3)16-8-9-25(23-16)19-7-5-15(21-2)11-22-19/h4-11,13H,2,12H2,1,3H3. The number of rotatable bonds is 6. The SMILES string of the molecule is C=Nc1ccc(-n2ccc(C(C)c3ccc4c(c3)sc(=O)n4COC)n2)nc1. The first-order valence-corrected chi connectivity index (χ1v) is 9.53. The van der Waals surface area contributed by atoms with Crippen LogP contribution in [-0.2, 0) is 11.5 Å². The lowest BCUT2D eigenvalue weighted by molar-refractivity contribution is 0.133. The Hall–Kier alpha value is -3.10.